The highest BCUT2D eigenvalue weighted by atomic mass is 32.2. The molecule has 0 spiro atoms. The van der Waals surface area contributed by atoms with Crippen molar-refractivity contribution in [2.24, 2.45) is 0 Å². The maximum absolute atomic E-state index is 12.2. The van der Waals surface area contributed by atoms with Gasteiger partial charge < -0.3 is 10.1 Å². The smallest absolute Gasteiger partial charge is 0.325 e. The van der Waals surface area contributed by atoms with Crippen molar-refractivity contribution in [1.82, 2.24) is 10.3 Å². The number of pyridine rings is 1. The van der Waals surface area contributed by atoms with Crippen LogP contribution < -0.4 is 5.32 Å². The fourth-order valence-corrected chi connectivity index (χ4v) is 3.03. The van der Waals surface area contributed by atoms with Gasteiger partial charge in [0.1, 0.15) is 11.6 Å². The van der Waals surface area contributed by atoms with E-state index >= 15 is 0 Å². The van der Waals surface area contributed by atoms with Gasteiger partial charge in [-0.3, -0.25) is 9.59 Å². The van der Waals surface area contributed by atoms with Crippen LogP contribution in [0.4, 0.5) is 0 Å². The summed E-state index contributed by atoms with van der Waals surface area (Å²) in [5.41, 5.74) is 1.72. The molecule has 0 fully saturated rings. The fraction of sp³-hybridized carbons (Fsp3) is 0.278. The van der Waals surface area contributed by atoms with Gasteiger partial charge in [-0.15, -0.1) is 11.8 Å². The Morgan fingerprint density at radius 3 is 2.71 bits per heavy atom. The molecular weight excluding hydrogens is 324 g/mol. The molecule has 0 aliphatic heterocycles. The van der Waals surface area contributed by atoms with Crippen LogP contribution in [0, 0.1) is 0 Å². The lowest BCUT2D eigenvalue weighted by atomic mass is 10.2. The predicted molar refractivity (Wildman–Crippen MR) is 94.1 cm³/mol. The van der Waals surface area contributed by atoms with Crippen molar-refractivity contribution >= 4 is 23.6 Å². The summed E-state index contributed by atoms with van der Waals surface area (Å²) in [6.45, 7) is 1.88. The monoisotopic (exact) mass is 344 g/mol. The van der Waals surface area contributed by atoms with Crippen LogP contribution in [-0.4, -0.2) is 35.8 Å². The van der Waals surface area contributed by atoms with Crippen molar-refractivity contribution in [3.05, 3.63) is 59.8 Å². The topological polar surface area (TPSA) is 68.3 Å². The molecule has 0 unspecified atom stereocenters. The van der Waals surface area contributed by atoms with Crippen molar-refractivity contribution in [2.75, 3.05) is 18.9 Å². The molecule has 1 aromatic carbocycles. The summed E-state index contributed by atoms with van der Waals surface area (Å²) < 4.78 is 4.80. The molecule has 126 valence electrons. The number of ether oxygens (including phenoxy) is 1. The first-order chi connectivity index (χ1) is 11.7. The summed E-state index contributed by atoms with van der Waals surface area (Å²) in [6, 6.07) is 13.6. The van der Waals surface area contributed by atoms with Gasteiger partial charge in [0.25, 0.3) is 5.91 Å². The number of hydrogen-bond acceptors (Lipinski definition) is 5. The molecule has 0 saturated heterocycles. The molecule has 0 aliphatic rings. The van der Waals surface area contributed by atoms with Crippen LogP contribution in [0.5, 0.6) is 0 Å². The van der Waals surface area contributed by atoms with Crippen molar-refractivity contribution in [1.29, 1.82) is 0 Å². The number of amides is 1. The maximum Gasteiger partial charge on any atom is 0.325 e. The normalized spacial score (nSPS) is 10.2. The van der Waals surface area contributed by atoms with Crippen LogP contribution in [0.25, 0.3) is 0 Å². The SMILES string of the molecule is CCOC(=O)CNC(=O)c1cccnc1SCCc1ccccc1. The Morgan fingerprint density at radius 1 is 1.17 bits per heavy atom. The third-order valence-electron chi connectivity index (χ3n) is 3.19. The lowest BCUT2D eigenvalue weighted by Crippen LogP contribution is -2.31. The van der Waals surface area contributed by atoms with Gasteiger partial charge in [-0.2, -0.15) is 0 Å². The number of rotatable bonds is 8. The third-order valence-corrected chi connectivity index (χ3v) is 4.19. The summed E-state index contributed by atoms with van der Waals surface area (Å²) in [5.74, 6) is 0.0468. The number of nitrogens with one attached hydrogen (secondary N) is 1. The zero-order valence-electron chi connectivity index (χ0n) is 13.5. The quantitative estimate of drug-likeness (QED) is 0.589. The number of aromatic nitrogens is 1. The highest BCUT2D eigenvalue weighted by Gasteiger charge is 2.14. The van der Waals surface area contributed by atoms with Crippen LogP contribution in [0.15, 0.2) is 53.7 Å². The van der Waals surface area contributed by atoms with Crippen molar-refractivity contribution in [3.63, 3.8) is 0 Å². The van der Waals surface area contributed by atoms with E-state index in [4.69, 9.17) is 4.74 Å². The van der Waals surface area contributed by atoms with E-state index in [2.05, 4.69) is 22.4 Å². The standard InChI is InChI=1S/C18H20N2O3S/c1-2-23-16(21)13-20-17(22)15-9-6-11-19-18(15)24-12-10-14-7-4-3-5-8-14/h3-9,11H,2,10,12-13H2,1H3,(H,20,22). The Morgan fingerprint density at radius 2 is 1.96 bits per heavy atom. The van der Waals surface area contributed by atoms with E-state index in [-0.39, 0.29) is 12.5 Å². The van der Waals surface area contributed by atoms with Gasteiger partial charge in [0.15, 0.2) is 0 Å². The van der Waals surface area contributed by atoms with E-state index in [0.717, 1.165) is 12.2 Å². The third kappa shape index (κ3) is 5.70. The van der Waals surface area contributed by atoms with Gasteiger partial charge in [0.05, 0.1) is 12.2 Å². The minimum absolute atomic E-state index is 0.143. The molecule has 0 bridgehead atoms. The largest absolute Gasteiger partial charge is 0.465 e. The number of carbonyl (C=O) groups excluding carboxylic acids is 2. The molecule has 1 amide bonds. The summed E-state index contributed by atoms with van der Waals surface area (Å²) in [4.78, 5) is 27.9. The van der Waals surface area contributed by atoms with E-state index < -0.39 is 5.97 Å². The minimum Gasteiger partial charge on any atom is -0.465 e. The molecule has 1 N–H and O–H groups in total. The zero-order valence-corrected chi connectivity index (χ0v) is 14.3. The van der Waals surface area contributed by atoms with E-state index in [9.17, 15) is 9.59 Å². The predicted octanol–water partition coefficient (Wildman–Crippen LogP) is 2.71. The van der Waals surface area contributed by atoms with E-state index in [0.29, 0.717) is 17.2 Å². The van der Waals surface area contributed by atoms with Crippen molar-refractivity contribution < 1.29 is 14.3 Å². The van der Waals surface area contributed by atoms with Crippen molar-refractivity contribution in [3.8, 4) is 0 Å². The highest BCUT2D eigenvalue weighted by molar-refractivity contribution is 7.99. The number of carbonyl (C=O) groups is 2. The Kier molecular flexibility index (Phi) is 7.29. The Bertz CT molecular complexity index is 677. The zero-order chi connectivity index (χ0) is 17.2. The Labute approximate surface area is 145 Å². The molecule has 0 saturated carbocycles. The average molecular weight is 344 g/mol. The van der Waals surface area contributed by atoms with Gasteiger partial charge in [-0.25, -0.2) is 4.98 Å². The Balaban J connectivity index is 1.91. The first-order valence-electron chi connectivity index (χ1n) is 7.76. The van der Waals surface area contributed by atoms with Crippen LogP contribution in [0.3, 0.4) is 0 Å². The number of nitrogens with zero attached hydrogens (tertiary/aromatic N) is 1. The molecule has 5 nitrogen and oxygen atoms in total. The van der Waals surface area contributed by atoms with E-state index in [1.807, 2.05) is 18.2 Å². The van der Waals surface area contributed by atoms with Gasteiger partial charge in [-0.05, 0) is 31.0 Å². The van der Waals surface area contributed by atoms with Crippen LogP contribution in [-0.2, 0) is 16.0 Å². The molecule has 1 aromatic heterocycles. The molecule has 0 atom stereocenters. The number of benzene rings is 1. The molecule has 0 aliphatic carbocycles. The first-order valence-corrected chi connectivity index (χ1v) is 8.75. The Hall–Kier alpha value is -2.34. The first kappa shape index (κ1) is 18.0. The van der Waals surface area contributed by atoms with Gasteiger partial charge >= 0.3 is 5.97 Å². The lowest BCUT2D eigenvalue weighted by Gasteiger charge is -2.09. The summed E-state index contributed by atoms with van der Waals surface area (Å²) in [5, 5.41) is 3.23. The maximum atomic E-state index is 12.2. The highest BCUT2D eigenvalue weighted by Crippen LogP contribution is 2.21. The summed E-state index contributed by atoms with van der Waals surface area (Å²) in [7, 11) is 0. The van der Waals surface area contributed by atoms with Gasteiger partial charge in [-0.1, -0.05) is 30.3 Å². The minimum atomic E-state index is -0.451. The molecule has 2 aromatic rings. The number of thioether (sulfide) groups is 1. The molecular formula is C18H20N2O3S. The molecule has 1 heterocycles. The van der Waals surface area contributed by atoms with Crippen molar-refractivity contribution in [2.45, 2.75) is 18.4 Å². The van der Waals surface area contributed by atoms with Crippen LogP contribution in [0.1, 0.15) is 22.8 Å². The second-order valence-electron chi connectivity index (χ2n) is 4.93. The van der Waals surface area contributed by atoms with Crippen LogP contribution >= 0.6 is 11.8 Å². The molecule has 0 radical (unpaired) electrons. The lowest BCUT2D eigenvalue weighted by molar-refractivity contribution is -0.141. The number of esters is 1. The molecule has 2 rings (SSSR count). The summed E-state index contributed by atoms with van der Waals surface area (Å²) >= 11 is 1.53. The number of hydrogen-bond donors (Lipinski definition) is 1. The molecule has 24 heavy (non-hydrogen) atoms. The molecule has 6 heteroatoms. The van der Waals surface area contributed by atoms with Gasteiger partial charge in [0.2, 0.25) is 0 Å². The second-order valence-corrected chi connectivity index (χ2v) is 6.01. The van der Waals surface area contributed by atoms with E-state index in [1.165, 1.54) is 17.3 Å². The van der Waals surface area contributed by atoms with Gasteiger partial charge in [0, 0.05) is 11.9 Å². The van der Waals surface area contributed by atoms with Crippen LogP contribution in [0.2, 0.25) is 0 Å². The average Bonchev–Trinajstić information content (AvgIpc) is 2.61. The fourth-order valence-electron chi connectivity index (χ4n) is 2.05. The summed E-state index contributed by atoms with van der Waals surface area (Å²) in [6.07, 6.45) is 2.55. The van der Waals surface area contributed by atoms with E-state index in [1.54, 1.807) is 25.3 Å². The second kappa shape index (κ2) is 9.72. The number of aryl methyl sites for hydroxylation is 1.